The molecule has 1 aromatic rings. The Morgan fingerprint density at radius 1 is 1.33 bits per heavy atom. The van der Waals surface area contributed by atoms with E-state index in [9.17, 15) is 0 Å². The number of nitrogens with zero attached hydrogens (tertiary/aromatic N) is 2. The molecule has 2 N–H and O–H groups in total. The van der Waals surface area contributed by atoms with Crippen LogP contribution in [0.4, 0.5) is 5.69 Å². The minimum absolute atomic E-state index is 0.0348. The van der Waals surface area contributed by atoms with Crippen molar-refractivity contribution in [1.29, 1.82) is 0 Å². The second-order valence-corrected chi connectivity index (χ2v) is 4.42. The Balaban J connectivity index is 1.92. The lowest BCUT2D eigenvalue weighted by Gasteiger charge is -2.17. The first-order valence-electron chi connectivity index (χ1n) is 5.44. The Morgan fingerprint density at radius 3 is 2.87 bits per heavy atom. The molecule has 0 radical (unpaired) electrons. The van der Waals surface area contributed by atoms with Crippen LogP contribution in [0.5, 0.6) is 0 Å². The van der Waals surface area contributed by atoms with Crippen LogP contribution in [0.3, 0.4) is 0 Å². The number of hydrogen-bond donors (Lipinski definition) is 1. The first kappa shape index (κ1) is 8.92. The quantitative estimate of drug-likeness (QED) is 0.787. The summed E-state index contributed by atoms with van der Waals surface area (Å²) < 4.78 is 0. The van der Waals surface area contributed by atoms with Crippen LogP contribution in [0.25, 0.3) is 0 Å². The second kappa shape index (κ2) is 3.07. The van der Waals surface area contributed by atoms with Gasteiger partial charge < -0.3 is 10.6 Å². The molecule has 78 valence electrons. The lowest BCUT2D eigenvalue weighted by molar-refractivity contribution is 0.740. The number of anilines is 1. The molecule has 1 fully saturated rings. The molecule has 15 heavy (non-hydrogen) atoms. The predicted molar refractivity (Wildman–Crippen MR) is 62.2 cm³/mol. The lowest BCUT2D eigenvalue weighted by atomic mass is 10.1. The highest BCUT2D eigenvalue weighted by atomic mass is 15.2. The van der Waals surface area contributed by atoms with E-state index in [2.05, 4.69) is 34.2 Å². The zero-order valence-electron chi connectivity index (χ0n) is 8.69. The zero-order valence-corrected chi connectivity index (χ0v) is 8.69. The molecule has 0 saturated heterocycles. The molecule has 1 aromatic carbocycles. The van der Waals surface area contributed by atoms with Crippen LogP contribution in [-0.2, 0) is 5.54 Å². The summed E-state index contributed by atoms with van der Waals surface area (Å²) in [4.78, 5) is 6.39. The summed E-state index contributed by atoms with van der Waals surface area (Å²) in [5.74, 6) is 0. The molecule has 1 heterocycles. The van der Waals surface area contributed by atoms with E-state index in [1.807, 2.05) is 6.34 Å². The van der Waals surface area contributed by atoms with Crippen molar-refractivity contribution in [1.82, 2.24) is 0 Å². The van der Waals surface area contributed by atoms with Gasteiger partial charge in [-0.2, -0.15) is 0 Å². The van der Waals surface area contributed by atoms with E-state index in [0.717, 1.165) is 25.9 Å². The molecule has 0 bridgehead atoms. The van der Waals surface area contributed by atoms with Gasteiger partial charge in [-0.25, -0.2) is 0 Å². The van der Waals surface area contributed by atoms with Crippen molar-refractivity contribution in [2.45, 2.75) is 18.4 Å². The topological polar surface area (TPSA) is 41.6 Å². The average molecular weight is 201 g/mol. The van der Waals surface area contributed by atoms with Gasteiger partial charge >= 0.3 is 0 Å². The largest absolute Gasteiger partial charge is 0.331 e. The van der Waals surface area contributed by atoms with Crippen LogP contribution < -0.4 is 10.6 Å². The third-order valence-corrected chi connectivity index (χ3v) is 3.23. The van der Waals surface area contributed by atoms with E-state index in [0.29, 0.717) is 0 Å². The van der Waals surface area contributed by atoms with E-state index in [1.165, 1.54) is 11.3 Å². The van der Waals surface area contributed by atoms with Gasteiger partial charge in [-0.15, -0.1) is 0 Å². The molecule has 3 rings (SSSR count). The fourth-order valence-electron chi connectivity index (χ4n) is 1.99. The fraction of sp³-hybridized carbons (Fsp3) is 0.417. The number of nitrogens with two attached hydrogens (primary N) is 1. The fourth-order valence-corrected chi connectivity index (χ4v) is 1.99. The summed E-state index contributed by atoms with van der Waals surface area (Å²) in [5.41, 5.74) is 8.63. The summed E-state index contributed by atoms with van der Waals surface area (Å²) in [6, 6.07) is 8.53. The minimum atomic E-state index is -0.0348. The lowest BCUT2D eigenvalue weighted by Crippen LogP contribution is -2.21. The molecule has 3 nitrogen and oxygen atoms in total. The third kappa shape index (κ3) is 1.53. The highest BCUT2D eigenvalue weighted by molar-refractivity contribution is 5.81. The van der Waals surface area contributed by atoms with Gasteiger partial charge in [0.15, 0.2) is 0 Å². The summed E-state index contributed by atoms with van der Waals surface area (Å²) in [7, 11) is 0. The molecule has 1 aliphatic heterocycles. The van der Waals surface area contributed by atoms with Crippen molar-refractivity contribution in [3.05, 3.63) is 29.8 Å². The Kier molecular flexibility index (Phi) is 1.83. The highest BCUT2D eigenvalue weighted by Crippen LogP contribution is 2.43. The molecule has 1 aliphatic carbocycles. The normalized spacial score (nSPS) is 22.1. The van der Waals surface area contributed by atoms with Gasteiger partial charge in [0.25, 0.3) is 0 Å². The van der Waals surface area contributed by atoms with Crippen LogP contribution in [0.1, 0.15) is 18.4 Å². The van der Waals surface area contributed by atoms with E-state index >= 15 is 0 Å². The van der Waals surface area contributed by atoms with E-state index in [1.54, 1.807) is 0 Å². The molecular weight excluding hydrogens is 186 g/mol. The van der Waals surface area contributed by atoms with Gasteiger partial charge in [0.2, 0.25) is 0 Å². The third-order valence-electron chi connectivity index (χ3n) is 3.23. The monoisotopic (exact) mass is 201 g/mol. The number of hydrogen-bond acceptors (Lipinski definition) is 3. The predicted octanol–water partition coefficient (Wildman–Crippen LogP) is 1.48. The first-order valence-corrected chi connectivity index (χ1v) is 5.44. The zero-order chi connectivity index (χ0) is 10.3. The van der Waals surface area contributed by atoms with Gasteiger partial charge in [-0.1, -0.05) is 12.1 Å². The van der Waals surface area contributed by atoms with Gasteiger partial charge in [-0.3, -0.25) is 4.99 Å². The SMILES string of the molecule is NC1(c2cccc(N3C=NCC3)c2)CC1. The second-order valence-electron chi connectivity index (χ2n) is 4.42. The maximum Gasteiger partial charge on any atom is 0.0895 e. The van der Waals surface area contributed by atoms with Crippen molar-refractivity contribution in [3.8, 4) is 0 Å². The van der Waals surface area contributed by atoms with Gasteiger partial charge in [-0.05, 0) is 30.5 Å². The average Bonchev–Trinajstić information content (AvgIpc) is 2.84. The van der Waals surface area contributed by atoms with Crippen LogP contribution >= 0.6 is 0 Å². The molecule has 0 amide bonds. The van der Waals surface area contributed by atoms with Crippen molar-refractivity contribution in [2.75, 3.05) is 18.0 Å². The van der Waals surface area contributed by atoms with Crippen LogP contribution in [0.2, 0.25) is 0 Å². The maximum absolute atomic E-state index is 6.18. The molecule has 3 heteroatoms. The van der Waals surface area contributed by atoms with Crippen molar-refractivity contribution >= 4 is 12.0 Å². The number of aliphatic imine (C=N–C) groups is 1. The molecule has 0 spiro atoms. The summed E-state index contributed by atoms with van der Waals surface area (Å²) >= 11 is 0. The van der Waals surface area contributed by atoms with E-state index in [4.69, 9.17) is 5.73 Å². The summed E-state index contributed by atoms with van der Waals surface area (Å²) in [6.45, 7) is 1.89. The Morgan fingerprint density at radius 2 is 2.20 bits per heavy atom. The molecule has 0 unspecified atom stereocenters. The van der Waals surface area contributed by atoms with E-state index in [-0.39, 0.29) is 5.54 Å². The van der Waals surface area contributed by atoms with E-state index < -0.39 is 0 Å². The Bertz CT molecular complexity index is 407. The molecule has 1 saturated carbocycles. The number of rotatable bonds is 2. The van der Waals surface area contributed by atoms with Gasteiger partial charge in [0.05, 0.1) is 12.9 Å². The molecule has 0 atom stereocenters. The first-order chi connectivity index (χ1) is 7.28. The highest BCUT2D eigenvalue weighted by Gasteiger charge is 2.40. The van der Waals surface area contributed by atoms with Crippen molar-refractivity contribution in [2.24, 2.45) is 10.7 Å². The maximum atomic E-state index is 6.18. The van der Waals surface area contributed by atoms with Gasteiger partial charge in [0, 0.05) is 17.8 Å². The smallest absolute Gasteiger partial charge is 0.0895 e. The summed E-state index contributed by atoms with van der Waals surface area (Å²) in [6.07, 6.45) is 4.14. The van der Waals surface area contributed by atoms with Gasteiger partial charge in [0.1, 0.15) is 0 Å². The minimum Gasteiger partial charge on any atom is -0.331 e. The standard InChI is InChI=1S/C12H15N3/c13-12(4-5-12)10-2-1-3-11(8-10)15-7-6-14-9-15/h1-3,8-9H,4-7,13H2. The van der Waals surface area contributed by atoms with Crippen LogP contribution in [-0.4, -0.2) is 19.4 Å². The Hall–Kier alpha value is -1.35. The number of benzene rings is 1. The summed E-state index contributed by atoms with van der Waals surface area (Å²) in [5, 5.41) is 0. The van der Waals surface area contributed by atoms with Crippen LogP contribution in [0.15, 0.2) is 29.3 Å². The van der Waals surface area contributed by atoms with Crippen LogP contribution in [0, 0.1) is 0 Å². The van der Waals surface area contributed by atoms with Crippen molar-refractivity contribution in [3.63, 3.8) is 0 Å². The van der Waals surface area contributed by atoms with Crippen molar-refractivity contribution < 1.29 is 0 Å². The molecule has 0 aromatic heterocycles. The Labute approximate surface area is 89.6 Å². The molecule has 2 aliphatic rings. The molecular formula is C12H15N3.